The number of fused-ring (bicyclic) bond motifs is 1. The van der Waals surface area contributed by atoms with Crippen molar-refractivity contribution >= 4 is 5.78 Å². The second-order valence-corrected chi connectivity index (χ2v) is 9.20. The van der Waals surface area contributed by atoms with E-state index in [9.17, 15) is 9.90 Å². The number of ketones is 1. The number of aliphatic hydroxyl groups is 1. The number of Topliss-reactive ketones (excluding diaryl/α,β-unsaturated/α-hetero) is 1. The Balaban J connectivity index is 1.50. The van der Waals surface area contributed by atoms with Crippen LogP contribution in [0, 0.1) is 11.8 Å². The van der Waals surface area contributed by atoms with E-state index < -0.39 is 11.2 Å². The maximum absolute atomic E-state index is 13.8. The van der Waals surface area contributed by atoms with Gasteiger partial charge < -0.3 is 19.3 Å². The van der Waals surface area contributed by atoms with Crippen molar-refractivity contribution in [3.05, 3.63) is 77.6 Å². The predicted molar refractivity (Wildman–Crippen MR) is 120 cm³/mol. The van der Waals surface area contributed by atoms with Crippen LogP contribution in [0.3, 0.4) is 0 Å². The Kier molecular flexibility index (Phi) is 5.56. The Morgan fingerprint density at radius 3 is 2.62 bits per heavy atom. The second-order valence-electron chi connectivity index (χ2n) is 9.20. The average Bonchev–Trinajstić information content (AvgIpc) is 3.31. The number of carbonyl (C=O) groups is 1. The molecule has 0 bridgehead atoms. The number of hydrogen-bond acceptors (Lipinski definition) is 5. The third-order valence-corrected chi connectivity index (χ3v) is 7.75. The largest absolute Gasteiger partial charge is 0.515 e. The lowest BCUT2D eigenvalue weighted by Gasteiger charge is -2.55. The topological polar surface area (TPSA) is 65.0 Å². The van der Waals surface area contributed by atoms with Gasteiger partial charge in [0.1, 0.15) is 12.4 Å². The molecular formula is C27H30O5. The molecule has 3 atom stereocenters. The van der Waals surface area contributed by atoms with Crippen LogP contribution in [0.5, 0.6) is 5.75 Å². The Hall–Kier alpha value is -2.63. The van der Waals surface area contributed by atoms with Gasteiger partial charge >= 0.3 is 0 Å². The minimum atomic E-state index is -0.709. The number of allylic oxidation sites excluding steroid dienone is 1. The highest BCUT2D eigenvalue weighted by Crippen LogP contribution is 2.58. The minimum absolute atomic E-state index is 0.0242. The molecule has 3 aliphatic rings. The molecule has 2 aromatic rings. The van der Waals surface area contributed by atoms with Crippen molar-refractivity contribution < 1.29 is 24.1 Å². The fourth-order valence-electron chi connectivity index (χ4n) is 6.10. The Morgan fingerprint density at radius 1 is 1.09 bits per heavy atom. The van der Waals surface area contributed by atoms with Gasteiger partial charge in [0.2, 0.25) is 0 Å². The fourth-order valence-corrected chi connectivity index (χ4v) is 6.10. The van der Waals surface area contributed by atoms with Crippen molar-refractivity contribution in [1.29, 1.82) is 0 Å². The van der Waals surface area contributed by atoms with Crippen molar-refractivity contribution in [2.75, 3.05) is 13.2 Å². The molecule has 1 aliphatic heterocycles. The highest BCUT2D eigenvalue weighted by molar-refractivity contribution is 6.04. The van der Waals surface area contributed by atoms with E-state index in [-0.39, 0.29) is 17.6 Å². The molecule has 1 saturated heterocycles. The van der Waals surface area contributed by atoms with Crippen LogP contribution in [0.15, 0.2) is 66.4 Å². The van der Waals surface area contributed by atoms with E-state index in [2.05, 4.69) is 6.92 Å². The van der Waals surface area contributed by atoms with E-state index in [1.165, 1.54) is 0 Å². The van der Waals surface area contributed by atoms with Crippen LogP contribution in [0.2, 0.25) is 0 Å². The lowest BCUT2D eigenvalue weighted by molar-refractivity contribution is -0.234. The van der Waals surface area contributed by atoms with E-state index >= 15 is 0 Å². The Bertz CT molecular complexity index is 1010. The molecule has 5 heteroatoms. The van der Waals surface area contributed by atoms with Gasteiger partial charge in [-0.15, -0.1) is 0 Å². The first-order chi connectivity index (χ1) is 15.6. The van der Waals surface area contributed by atoms with E-state index in [1.54, 1.807) is 0 Å². The molecule has 2 aliphatic carbocycles. The van der Waals surface area contributed by atoms with Gasteiger partial charge in [0.15, 0.2) is 11.6 Å². The lowest BCUT2D eigenvalue weighted by Crippen LogP contribution is -2.59. The van der Waals surface area contributed by atoms with Crippen molar-refractivity contribution in [2.45, 2.75) is 50.4 Å². The molecule has 5 nitrogen and oxygen atoms in total. The summed E-state index contributed by atoms with van der Waals surface area (Å²) in [5, 5.41) is 9.79. The number of aliphatic hydroxyl groups excluding tert-OH is 1. The van der Waals surface area contributed by atoms with Gasteiger partial charge in [-0.25, -0.2) is 0 Å². The van der Waals surface area contributed by atoms with Crippen molar-refractivity contribution in [3.8, 4) is 5.75 Å². The molecule has 2 saturated carbocycles. The smallest absolute Gasteiger partial charge is 0.172 e. The standard InChI is InChI=1S/C27H30O5/c1-19-24-11-10-21(17-28)25(29)26(24,12-13-27(19)31-14-15-32-27)22-8-5-9-23(16-22)30-18-20-6-3-2-4-7-20/h2-9,16-17,19,24,28H,10-15,18H2,1H3/t19-,24-,26+/m0/s1. The maximum atomic E-state index is 13.8. The first-order valence-electron chi connectivity index (χ1n) is 11.5. The van der Waals surface area contributed by atoms with Gasteiger partial charge in [0.05, 0.1) is 24.9 Å². The van der Waals surface area contributed by atoms with E-state index in [1.807, 2.05) is 54.6 Å². The Labute approximate surface area is 189 Å². The first kappa shape index (κ1) is 21.2. The third kappa shape index (κ3) is 3.35. The summed E-state index contributed by atoms with van der Waals surface area (Å²) in [6, 6.07) is 18.0. The van der Waals surface area contributed by atoms with Crippen LogP contribution in [-0.2, 0) is 26.3 Å². The van der Waals surface area contributed by atoms with Gasteiger partial charge in [-0.05, 0) is 48.4 Å². The highest BCUT2D eigenvalue weighted by Gasteiger charge is 2.61. The SMILES string of the molecule is C[C@H]1[C@@H]2CCC(=CO)C(=O)[C@@]2(c2cccc(OCc3ccccc3)c2)CCC12OCCO2. The van der Waals surface area contributed by atoms with Gasteiger partial charge in [-0.1, -0.05) is 49.4 Å². The fraction of sp³-hybridized carbons (Fsp3) is 0.444. The summed E-state index contributed by atoms with van der Waals surface area (Å²) in [5.41, 5.74) is 1.85. The van der Waals surface area contributed by atoms with Crippen LogP contribution in [0.1, 0.15) is 43.7 Å². The number of benzene rings is 2. The van der Waals surface area contributed by atoms with E-state index in [0.717, 1.165) is 29.6 Å². The molecule has 32 heavy (non-hydrogen) atoms. The molecule has 0 amide bonds. The van der Waals surface area contributed by atoms with E-state index in [4.69, 9.17) is 14.2 Å². The van der Waals surface area contributed by atoms with Gasteiger partial charge in [0.25, 0.3) is 0 Å². The van der Waals surface area contributed by atoms with Crippen molar-refractivity contribution in [2.24, 2.45) is 11.8 Å². The molecule has 168 valence electrons. The first-order valence-corrected chi connectivity index (χ1v) is 11.5. The summed E-state index contributed by atoms with van der Waals surface area (Å²) in [7, 11) is 0. The predicted octanol–water partition coefficient (Wildman–Crippen LogP) is 5.10. The minimum Gasteiger partial charge on any atom is -0.515 e. The Morgan fingerprint density at radius 2 is 1.88 bits per heavy atom. The maximum Gasteiger partial charge on any atom is 0.172 e. The molecule has 2 aromatic carbocycles. The lowest BCUT2D eigenvalue weighted by atomic mass is 9.51. The van der Waals surface area contributed by atoms with Gasteiger partial charge in [-0.3, -0.25) is 4.79 Å². The van der Waals surface area contributed by atoms with Crippen LogP contribution in [0.25, 0.3) is 0 Å². The average molecular weight is 435 g/mol. The zero-order valence-electron chi connectivity index (χ0n) is 18.5. The molecule has 5 rings (SSSR count). The van der Waals surface area contributed by atoms with Crippen molar-refractivity contribution in [3.63, 3.8) is 0 Å². The highest BCUT2D eigenvalue weighted by atomic mass is 16.7. The number of hydrogen-bond donors (Lipinski definition) is 1. The molecule has 3 fully saturated rings. The molecular weight excluding hydrogens is 404 g/mol. The molecule has 1 heterocycles. The van der Waals surface area contributed by atoms with Crippen LogP contribution in [-0.4, -0.2) is 29.9 Å². The zero-order valence-corrected chi connectivity index (χ0v) is 18.5. The normalized spacial score (nSPS) is 30.4. The van der Waals surface area contributed by atoms with E-state index in [0.29, 0.717) is 44.7 Å². The van der Waals surface area contributed by atoms with Crippen LogP contribution in [0.4, 0.5) is 0 Å². The quantitative estimate of drug-likeness (QED) is 0.536. The molecule has 0 radical (unpaired) electrons. The molecule has 1 spiro atoms. The zero-order chi connectivity index (χ0) is 22.2. The molecule has 0 aromatic heterocycles. The summed E-state index contributed by atoms with van der Waals surface area (Å²) in [6.07, 6.45) is 3.67. The van der Waals surface area contributed by atoms with Crippen LogP contribution >= 0.6 is 0 Å². The monoisotopic (exact) mass is 434 g/mol. The summed E-state index contributed by atoms with van der Waals surface area (Å²) in [6.45, 7) is 3.82. The number of rotatable bonds is 4. The third-order valence-electron chi connectivity index (χ3n) is 7.75. The summed E-state index contributed by atoms with van der Waals surface area (Å²) >= 11 is 0. The second kappa shape index (κ2) is 8.38. The summed E-state index contributed by atoms with van der Waals surface area (Å²) < 4.78 is 18.3. The van der Waals surface area contributed by atoms with Gasteiger partial charge in [-0.2, -0.15) is 0 Å². The summed E-state index contributed by atoms with van der Waals surface area (Å²) in [4.78, 5) is 13.8. The molecule has 0 unspecified atom stereocenters. The van der Waals surface area contributed by atoms with Crippen molar-refractivity contribution in [1.82, 2.24) is 0 Å². The number of ether oxygens (including phenoxy) is 3. The van der Waals surface area contributed by atoms with Gasteiger partial charge in [0, 0.05) is 17.9 Å². The van der Waals surface area contributed by atoms with Crippen LogP contribution < -0.4 is 4.74 Å². The summed E-state index contributed by atoms with van der Waals surface area (Å²) in [5.74, 6) is 0.299. The molecule has 1 N–H and O–H groups in total. The number of carbonyl (C=O) groups excluding carboxylic acids is 1.